The van der Waals surface area contributed by atoms with E-state index in [0.717, 1.165) is 24.8 Å². The van der Waals surface area contributed by atoms with Crippen LogP contribution in [0.3, 0.4) is 0 Å². The van der Waals surface area contributed by atoms with Crippen LogP contribution in [0.15, 0.2) is 29.4 Å². The molecule has 1 heterocycles. The van der Waals surface area contributed by atoms with Crippen LogP contribution in [0.1, 0.15) is 42.4 Å². The standard InChI is InChI=1S/C15H14F2N2O2/c16-14(17)12-7-10(13-8-21-15(20)19-18-13)5-6-11(12)9-3-1-2-4-9/h3,5-7,14H,1-2,4,8H2,(H,19,20). The van der Waals surface area contributed by atoms with Crippen LogP contribution in [-0.2, 0) is 4.74 Å². The number of cyclic esters (lactones) is 1. The van der Waals surface area contributed by atoms with Gasteiger partial charge in [0.05, 0.1) is 0 Å². The lowest BCUT2D eigenvalue weighted by atomic mass is 9.96. The summed E-state index contributed by atoms with van der Waals surface area (Å²) in [7, 11) is 0. The summed E-state index contributed by atoms with van der Waals surface area (Å²) in [4.78, 5) is 10.9. The molecule has 0 spiro atoms. The number of carbonyl (C=O) groups excluding carboxylic acids is 1. The van der Waals surface area contributed by atoms with Gasteiger partial charge in [-0.05, 0) is 36.5 Å². The number of ether oxygens (including phenoxy) is 1. The lowest BCUT2D eigenvalue weighted by Gasteiger charge is -2.16. The van der Waals surface area contributed by atoms with Crippen molar-refractivity contribution in [1.82, 2.24) is 5.43 Å². The summed E-state index contributed by atoms with van der Waals surface area (Å²) in [6.07, 6.45) is 1.60. The number of nitrogens with zero attached hydrogens (tertiary/aromatic N) is 1. The van der Waals surface area contributed by atoms with Crippen LogP contribution in [0.2, 0.25) is 0 Å². The van der Waals surface area contributed by atoms with Crippen LogP contribution in [0.4, 0.5) is 13.6 Å². The average Bonchev–Trinajstić information content (AvgIpc) is 3.01. The van der Waals surface area contributed by atoms with E-state index in [4.69, 9.17) is 4.74 Å². The maximum Gasteiger partial charge on any atom is 0.428 e. The summed E-state index contributed by atoms with van der Waals surface area (Å²) in [5.74, 6) is 0. The van der Waals surface area contributed by atoms with Crippen molar-refractivity contribution in [3.63, 3.8) is 0 Å². The molecule has 0 saturated heterocycles. The molecule has 21 heavy (non-hydrogen) atoms. The third-order valence-electron chi connectivity index (χ3n) is 3.63. The lowest BCUT2D eigenvalue weighted by molar-refractivity contribution is 0.150. The number of nitrogens with one attached hydrogen (secondary N) is 1. The monoisotopic (exact) mass is 292 g/mol. The Morgan fingerprint density at radius 3 is 2.81 bits per heavy atom. The molecule has 2 aliphatic rings. The topological polar surface area (TPSA) is 50.7 Å². The largest absolute Gasteiger partial charge is 0.442 e. The van der Waals surface area contributed by atoms with Gasteiger partial charge in [0, 0.05) is 11.1 Å². The average molecular weight is 292 g/mol. The van der Waals surface area contributed by atoms with Gasteiger partial charge >= 0.3 is 6.09 Å². The number of amides is 1. The Morgan fingerprint density at radius 2 is 2.19 bits per heavy atom. The molecule has 1 aromatic carbocycles. The Kier molecular flexibility index (Phi) is 3.68. The van der Waals surface area contributed by atoms with Crippen LogP contribution in [0.25, 0.3) is 5.57 Å². The molecule has 0 fully saturated rings. The molecule has 6 heteroatoms. The number of hydrogen-bond donors (Lipinski definition) is 1. The number of hydrogen-bond acceptors (Lipinski definition) is 3. The molecule has 0 unspecified atom stereocenters. The van der Waals surface area contributed by atoms with Crippen LogP contribution < -0.4 is 5.43 Å². The summed E-state index contributed by atoms with van der Waals surface area (Å²) in [6.45, 7) is -0.0173. The normalized spacial score (nSPS) is 18.1. The zero-order valence-corrected chi connectivity index (χ0v) is 11.2. The van der Waals surface area contributed by atoms with Gasteiger partial charge in [-0.3, -0.25) is 0 Å². The predicted octanol–water partition coefficient (Wildman–Crippen LogP) is 3.64. The molecule has 0 aromatic heterocycles. The molecule has 0 radical (unpaired) electrons. The Labute approximate surface area is 120 Å². The predicted molar refractivity (Wildman–Crippen MR) is 74.2 cm³/mol. The van der Waals surface area contributed by atoms with Crippen LogP contribution in [0.5, 0.6) is 0 Å². The van der Waals surface area contributed by atoms with E-state index in [9.17, 15) is 13.6 Å². The fourth-order valence-corrected chi connectivity index (χ4v) is 2.59. The van der Waals surface area contributed by atoms with Gasteiger partial charge in [-0.2, -0.15) is 5.10 Å². The number of carbonyl (C=O) groups is 1. The van der Waals surface area contributed by atoms with Gasteiger partial charge in [-0.15, -0.1) is 0 Å². The fourth-order valence-electron chi connectivity index (χ4n) is 2.59. The molecule has 110 valence electrons. The van der Waals surface area contributed by atoms with Gasteiger partial charge in [-0.25, -0.2) is 19.0 Å². The first-order valence-corrected chi connectivity index (χ1v) is 6.76. The zero-order chi connectivity index (χ0) is 14.8. The fraction of sp³-hybridized carbons (Fsp3) is 0.333. The Balaban J connectivity index is 1.97. The van der Waals surface area contributed by atoms with Crippen molar-refractivity contribution in [2.75, 3.05) is 6.61 Å². The molecule has 0 saturated carbocycles. The van der Waals surface area contributed by atoms with Gasteiger partial charge in [0.15, 0.2) is 0 Å². The Hall–Kier alpha value is -2.24. The highest BCUT2D eigenvalue weighted by atomic mass is 19.3. The van der Waals surface area contributed by atoms with Crippen LogP contribution in [-0.4, -0.2) is 18.4 Å². The van der Waals surface area contributed by atoms with Gasteiger partial charge in [0.25, 0.3) is 6.43 Å². The number of alkyl halides is 2. The van der Waals surface area contributed by atoms with E-state index >= 15 is 0 Å². The van der Waals surface area contributed by atoms with Gasteiger partial charge < -0.3 is 4.74 Å². The summed E-state index contributed by atoms with van der Waals surface area (Å²) in [6, 6.07) is 4.87. The van der Waals surface area contributed by atoms with Crippen molar-refractivity contribution in [3.8, 4) is 0 Å². The number of benzene rings is 1. The van der Waals surface area contributed by atoms with Crippen molar-refractivity contribution in [3.05, 3.63) is 41.0 Å². The number of rotatable bonds is 3. The summed E-state index contributed by atoms with van der Waals surface area (Å²) in [5.41, 5.74) is 4.73. The van der Waals surface area contributed by atoms with Crippen LogP contribution in [0, 0.1) is 0 Å². The molecule has 0 atom stereocenters. The summed E-state index contributed by atoms with van der Waals surface area (Å²) < 4.78 is 31.4. The molecule has 1 N–H and O–H groups in total. The van der Waals surface area contributed by atoms with E-state index < -0.39 is 12.5 Å². The number of halogens is 2. The third-order valence-corrected chi connectivity index (χ3v) is 3.63. The van der Waals surface area contributed by atoms with E-state index in [1.165, 1.54) is 6.07 Å². The Morgan fingerprint density at radius 1 is 1.33 bits per heavy atom. The van der Waals surface area contributed by atoms with E-state index in [2.05, 4.69) is 10.5 Å². The lowest BCUT2D eigenvalue weighted by Crippen LogP contribution is -2.30. The minimum atomic E-state index is -2.55. The van der Waals surface area contributed by atoms with Gasteiger partial charge in [-0.1, -0.05) is 18.2 Å². The van der Waals surface area contributed by atoms with E-state index in [-0.39, 0.29) is 12.2 Å². The second kappa shape index (κ2) is 5.63. The molecule has 0 bridgehead atoms. The minimum Gasteiger partial charge on any atom is -0.442 e. The van der Waals surface area contributed by atoms with Gasteiger partial charge in [0.1, 0.15) is 12.3 Å². The smallest absolute Gasteiger partial charge is 0.428 e. The van der Waals surface area contributed by atoms with Crippen molar-refractivity contribution in [1.29, 1.82) is 0 Å². The molecule has 4 nitrogen and oxygen atoms in total. The first-order chi connectivity index (χ1) is 10.1. The van der Waals surface area contributed by atoms with Crippen molar-refractivity contribution in [2.24, 2.45) is 5.10 Å². The van der Waals surface area contributed by atoms with E-state index in [0.29, 0.717) is 16.8 Å². The van der Waals surface area contributed by atoms with Crippen LogP contribution >= 0.6 is 0 Å². The SMILES string of the molecule is O=C1NN=C(c2ccc(C3=CCCC3)c(C(F)F)c2)CO1. The van der Waals surface area contributed by atoms with Crippen molar-refractivity contribution >= 4 is 17.4 Å². The molecule has 3 rings (SSSR count). The molecular weight excluding hydrogens is 278 g/mol. The molecule has 1 aromatic rings. The molecular formula is C15H14F2N2O2. The first kappa shape index (κ1) is 13.7. The van der Waals surface area contributed by atoms with E-state index in [1.54, 1.807) is 12.1 Å². The highest BCUT2D eigenvalue weighted by Crippen LogP contribution is 2.34. The Bertz CT molecular complexity index is 639. The quantitative estimate of drug-likeness (QED) is 0.924. The summed E-state index contributed by atoms with van der Waals surface area (Å²) in [5, 5.41) is 3.84. The maximum absolute atomic E-state index is 13.3. The van der Waals surface area contributed by atoms with E-state index in [1.807, 2.05) is 6.08 Å². The second-order valence-electron chi connectivity index (χ2n) is 4.97. The molecule has 1 aliphatic heterocycles. The summed E-state index contributed by atoms with van der Waals surface area (Å²) >= 11 is 0. The zero-order valence-electron chi connectivity index (χ0n) is 11.2. The third kappa shape index (κ3) is 2.79. The number of allylic oxidation sites excluding steroid dienone is 2. The van der Waals surface area contributed by atoms with Gasteiger partial charge in [0.2, 0.25) is 0 Å². The second-order valence-corrected chi connectivity index (χ2v) is 4.97. The number of hydrazone groups is 1. The highest BCUT2D eigenvalue weighted by Gasteiger charge is 2.21. The molecule has 1 aliphatic carbocycles. The van der Waals surface area contributed by atoms with Crippen molar-refractivity contribution < 1.29 is 18.3 Å². The van der Waals surface area contributed by atoms with Crippen molar-refractivity contribution in [2.45, 2.75) is 25.7 Å². The molecule has 1 amide bonds. The first-order valence-electron chi connectivity index (χ1n) is 6.76. The maximum atomic E-state index is 13.3. The highest BCUT2D eigenvalue weighted by molar-refractivity contribution is 6.04. The minimum absolute atomic E-state index is 0.000231.